The number of anilines is 1. The van der Waals surface area contributed by atoms with Crippen LogP contribution in [0.1, 0.15) is 35.9 Å². The van der Waals surface area contributed by atoms with Crippen LogP contribution < -0.4 is 10.9 Å². The van der Waals surface area contributed by atoms with E-state index in [1.54, 1.807) is 29.7 Å². The Labute approximate surface area is 176 Å². The van der Waals surface area contributed by atoms with E-state index in [0.717, 1.165) is 24.6 Å². The number of rotatable bonds is 8. The number of thioether (sulfide) groups is 1. The normalized spacial score (nSPS) is 10.9. The first-order valence-corrected chi connectivity index (χ1v) is 10.4. The van der Waals surface area contributed by atoms with E-state index in [-0.39, 0.29) is 17.2 Å². The van der Waals surface area contributed by atoms with Gasteiger partial charge in [0.15, 0.2) is 11.0 Å². The Balaban J connectivity index is 1.90. The van der Waals surface area contributed by atoms with Crippen LogP contribution in [0.15, 0.2) is 38.7 Å². The van der Waals surface area contributed by atoms with Gasteiger partial charge in [-0.3, -0.25) is 14.2 Å². The molecule has 0 aliphatic rings. The molecule has 0 aliphatic carbocycles. The van der Waals surface area contributed by atoms with Gasteiger partial charge in [0.1, 0.15) is 5.76 Å². The van der Waals surface area contributed by atoms with E-state index in [1.165, 1.54) is 13.2 Å². The molecule has 0 spiro atoms. The monoisotopic (exact) mass is 430 g/mol. The highest BCUT2D eigenvalue weighted by Gasteiger charge is 2.16. The molecule has 1 amide bonds. The van der Waals surface area contributed by atoms with Gasteiger partial charge in [0.2, 0.25) is 5.91 Å². The lowest BCUT2D eigenvalue weighted by molar-refractivity contribution is -0.113. The van der Waals surface area contributed by atoms with Crippen molar-refractivity contribution in [2.24, 2.45) is 0 Å². The number of amides is 1. The molecule has 0 saturated heterocycles. The molecule has 3 rings (SSSR count). The van der Waals surface area contributed by atoms with Crippen LogP contribution in [0.25, 0.3) is 10.9 Å². The standard InChI is InChI=1S/C20H22N4O5S/c1-4-5-8-24-18(26)14-7-6-13(19(27)28-3)10-15(14)21-20(24)30-11-17(25)22-16-9-12(2)29-23-16/h6-7,9-10H,4-5,8,11H2,1-3H3,(H,22,23,25). The van der Waals surface area contributed by atoms with Crippen LogP contribution >= 0.6 is 11.8 Å². The first-order valence-electron chi connectivity index (χ1n) is 9.41. The zero-order chi connectivity index (χ0) is 21.7. The molecule has 0 fully saturated rings. The highest BCUT2D eigenvalue weighted by atomic mass is 32.2. The maximum atomic E-state index is 13.0. The highest BCUT2D eigenvalue weighted by molar-refractivity contribution is 7.99. The van der Waals surface area contributed by atoms with Gasteiger partial charge in [0, 0.05) is 12.6 Å². The molecule has 0 atom stereocenters. The second-order valence-corrected chi connectivity index (χ2v) is 7.53. The molecule has 9 nitrogen and oxygen atoms in total. The zero-order valence-electron chi connectivity index (χ0n) is 16.9. The Bertz CT molecular complexity index is 1140. The van der Waals surface area contributed by atoms with Crippen LogP contribution in [0.3, 0.4) is 0 Å². The predicted molar refractivity (Wildman–Crippen MR) is 113 cm³/mol. The SMILES string of the molecule is CCCCn1c(SCC(=O)Nc2cc(C)on2)nc2cc(C(=O)OC)ccc2c1=O. The van der Waals surface area contributed by atoms with Gasteiger partial charge in [0.25, 0.3) is 5.56 Å². The Kier molecular flexibility index (Phi) is 6.88. The largest absolute Gasteiger partial charge is 0.465 e. The molecular formula is C20H22N4O5S. The molecule has 3 aromatic rings. The Hall–Kier alpha value is -3.14. The van der Waals surface area contributed by atoms with Crippen molar-refractivity contribution >= 4 is 40.4 Å². The van der Waals surface area contributed by atoms with Gasteiger partial charge in [0.05, 0.1) is 29.3 Å². The molecule has 0 saturated carbocycles. The van der Waals surface area contributed by atoms with Gasteiger partial charge in [-0.25, -0.2) is 9.78 Å². The molecular weight excluding hydrogens is 408 g/mol. The number of carbonyl (C=O) groups is 2. The molecule has 1 N–H and O–H groups in total. The average molecular weight is 430 g/mol. The highest BCUT2D eigenvalue weighted by Crippen LogP contribution is 2.20. The summed E-state index contributed by atoms with van der Waals surface area (Å²) < 4.78 is 11.2. The van der Waals surface area contributed by atoms with E-state index in [1.807, 2.05) is 6.92 Å². The minimum atomic E-state index is -0.509. The van der Waals surface area contributed by atoms with E-state index in [4.69, 9.17) is 9.26 Å². The van der Waals surface area contributed by atoms with Crippen LogP contribution in [0.2, 0.25) is 0 Å². The number of aryl methyl sites for hydroxylation is 1. The maximum absolute atomic E-state index is 13.0. The lowest BCUT2D eigenvalue weighted by Crippen LogP contribution is -2.24. The Morgan fingerprint density at radius 1 is 1.30 bits per heavy atom. The molecule has 0 radical (unpaired) electrons. The molecule has 2 aromatic heterocycles. The van der Waals surface area contributed by atoms with E-state index in [0.29, 0.717) is 39.7 Å². The van der Waals surface area contributed by atoms with E-state index < -0.39 is 5.97 Å². The summed E-state index contributed by atoms with van der Waals surface area (Å²) in [6.07, 6.45) is 1.70. The van der Waals surface area contributed by atoms with Gasteiger partial charge in [-0.1, -0.05) is 30.3 Å². The first-order chi connectivity index (χ1) is 14.4. The van der Waals surface area contributed by atoms with Crippen LogP contribution in [-0.4, -0.2) is 39.4 Å². The summed E-state index contributed by atoms with van der Waals surface area (Å²) >= 11 is 1.15. The molecule has 2 heterocycles. The zero-order valence-corrected chi connectivity index (χ0v) is 17.7. The van der Waals surface area contributed by atoms with E-state index in [2.05, 4.69) is 15.5 Å². The van der Waals surface area contributed by atoms with Crippen molar-refractivity contribution in [1.29, 1.82) is 0 Å². The van der Waals surface area contributed by atoms with Crippen molar-refractivity contribution in [3.63, 3.8) is 0 Å². The lowest BCUT2D eigenvalue weighted by atomic mass is 10.1. The molecule has 0 bridgehead atoms. The summed E-state index contributed by atoms with van der Waals surface area (Å²) in [5.74, 6) is 0.144. The number of unbranched alkanes of at least 4 members (excludes halogenated alkanes) is 1. The summed E-state index contributed by atoms with van der Waals surface area (Å²) in [5.41, 5.74) is 0.476. The smallest absolute Gasteiger partial charge is 0.337 e. The number of hydrogen-bond donors (Lipinski definition) is 1. The Morgan fingerprint density at radius 2 is 2.10 bits per heavy atom. The number of carbonyl (C=O) groups excluding carboxylic acids is 2. The molecule has 0 aliphatic heterocycles. The van der Waals surface area contributed by atoms with Crippen molar-refractivity contribution < 1.29 is 18.8 Å². The van der Waals surface area contributed by atoms with Crippen molar-refractivity contribution in [3.8, 4) is 0 Å². The predicted octanol–water partition coefficient (Wildman–Crippen LogP) is 3.01. The minimum Gasteiger partial charge on any atom is -0.465 e. The number of nitrogens with zero attached hydrogens (tertiary/aromatic N) is 3. The fourth-order valence-electron chi connectivity index (χ4n) is 2.80. The van der Waals surface area contributed by atoms with E-state index in [9.17, 15) is 14.4 Å². The van der Waals surface area contributed by atoms with Gasteiger partial charge in [-0.2, -0.15) is 0 Å². The third-order valence-electron chi connectivity index (χ3n) is 4.30. The number of aromatic nitrogens is 3. The third-order valence-corrected chi connectivity index (χ3v) is 5.28. The first kappa shape index (κ1) is 21.6. The minimum absolute atomic E-state index is 0.0344. The van der Waals surface area contributed by atoms with Crippen LogP contribution in [0.5, 0.6) is 0 Å². The lowest BCUT2D eigenvalue weighted by Gasteiger charge is -2.13. The third kappa shape index (κ3) is 4.88. The fraction of sp³-hybridized carbons (Fsp3) is 0.350. The summed E-state index contributed by atoms with van der Waals surface area (Å²) in [5, 5.41) is 7.18. The number of methoxy groups -OCH3 is 1. The molecule has 30 heavy (non-hydrogen) atoms. The number of ether oxygens (including phenoxy) is 1. The number of esters is 1. The summed E-state index contributed by atoms with van der Waals surface area (Å²) in [6.45, 7) is 4.25. The fourth-order valence-corrected chi connectivity index (χ4v) is 3.63. The van der Waals surface area contributed by atoms with E-state index >= 15 is 0 Å². The second kappa shape index (κ2) is 9.57. The molecule has 0 unspecified atom stereocenters. The molecule has 10 heteroatoms. The van der Waals surface area contributed by atoms with Crippen LogP contribution in [0.4, 0.5) is 5.82 Å². The number of fused-ring (bicyclic) bond motifs is 1. The number of nitrogens with one attached hydrogen (secondary N) is 1. The summed E-state index contributed by atoms with van der Waals surface area (Å²) in [6, 6.07) is 6.26. The average Bonchev–Trinajstić information content (AvgIpc) is 3.15. The van der Waals surface area contributed by atoms with Crippen molar-refractivity contribution in [2.75, 3.05) is 18.2 Å². The summed E-state index contributed by atoms with van der Waals surface area (Å²) in [7, 11) is 1.29. The number of hydrogen-bond acceptors (Lipinski definition) is 8. The van der Waals surface area contributed by atoms with Crippen LogP contribution in [0, 0.1) is 6.92 Å². The van der Waals surface area contributed by atoms with Gasteiger partial charge in [-0.05, 0) is 31.5 Å². The maximum Gasteiger partial charge on any atom is 0.337 e. The van der Waals surface area contributed by atoms with Gasteiger partial charge >= 0.3 is 5.97 Å². The quantitative estimate of drug-likeness (QED) is 0.329. The van der Waals surface area contributed by atoms with Crippen molar-refractivity contribution in [2.45, 2.75) is 38.4 Å². The Morgan fingerprint density at radius 3 is 2.77 bits per heavy atom. The van der Waals surface area contributed by atoms with Gasteiger partial charge in [-0.15, -0.1) is 0 Å². The second-order valence-electron chi connectivity index (χ2n) is 6.59. The molecule has 158 valence electrons. The van der Waals surface area contributed by atoms with Gasteiger partial charge < -0.3 is 14.6 Å². The topological polar surface area (TPSA) is 116 Å². The van der Waals surface area contributed by atoms with Crippen molar-refractivity contribution in [3.05, 3.63) is 45.9 Å². The van der Waals surface area contributed by atoms with Crippen LogP contribution in [-0.2, 0) is 16.1 Å². The van der Waals surface area contributed by atoms with Crippen molar-refractivity contribution in [1.82, 2.24) is 14.7 Å². The molecule has 1 aromatic carbocycles. The number of benzene rings is 1. The summed E-state index contributed by atoms with van der Waals surface area (Å²) in [4.78, 5) is 41.6.